The minimum Gasteiger partial charge on any atom is -0.472 e. The van der Waals surface area contributed by atoms with Crippen LogP contribution in [-0.4, -0.2) is 22.4 Å². The molecule has 0 bridgehead atoms. The van der Waals surface area contributed by atoms with Crippen LogP contribution in [0.25, 0.3) is 6.08 Å². The number of nitrogens with zero attached hydrogens (tertiary/aromatic N) is 2. The number of carbonyl (C=O) groups excluding carboxylic acids is 1. The van der Waals surface area contributed by atoms with Crippen molar-refractivity contribution in [2.75, 3.05) is 6.61 Å². The summed E-state index contributed by atoms with van der Waals surface area (Å²) in [5, 5.41) is 4.36. The number of aromatic nitrogens is 2. The van der Waals surface area contributed by atoms with Gasteiger partial charge in [-0.15, -0.1) is 5.10 Å². The first-order valence-corrected chi connectivity index (χ1v) is 7.32. The van der Waals surface area contributed by atoms with Gasteiger partial charge in [-0.2, -0.15) is 0 Å². The molecule has 5 nitrogen and oxygen atoms in total. The van der Waals surface area contributed by atoms with E-state index >= 15 is 0 Å². The number of aryl methyl sites for hydroxylation is 1. The van der Waals surface area contributed by atoms with E-state index in [2.05, 4.69) is 5.10 Å². The van der Waals surface area contributed by atoms with E-state index in [-0.39, 0.29) is 5.97 Å². The molecule has 0 fully saturated rings. The van der Waals surface area contributed by atoms with E-state index in [4.69, 9.17) is 9.47 Å². The predicted molar refractivity (Wildman–Crippen MR) is 84.3 cm³/mol. The van der Waals surface area contributed by atoms with Gasteiger partial charge in [0, 0.05) is 18.7 Å². The highest BCUT2D eigenvalue weighted by Gasteiger charge is 2.06. The molecular formula is C17H20N2O3. The van der Waals surface area contributed by atoms with Crippen LogP contribution >= 0.6 is 0 Å². The van der Waals surface area contributed by atoms with E-state index in [1.54, 1.807) is 17.7 Å². The minimum absolute atomic E-state index is 0.363. The van der Waals surface area contributed by atoms with Gasteiger partial charge in [-0.05, 0) is 25.5 Å². The molecule has 0 spiro atoms. The first kappa shape index (κ1) is 15.8. The number of carbonyl (C=O) groups is 1. The molecule has 0 amide bonds. The molecule has 2 aromatic rings. The summed E-state index contributed by atoms with van der Waals surface area (Å²) in [4.78, 5) is 11.4. The van der Waals surface area contributed by atoms with E-state index in [0.29, 0.717) is 25.6 Å². The molecule has 0 atom stereocenters. The van der Waals surface area contributed by atoms with E-state index in [1.807, 2.05) is 43.3 Å². The van der Waals surface area contributed by atoms with Crippen molar-refractivity contribution in [2.24, 2.45) is 0 Å². The van der Waals surface area contributed by atoms with E-state index in [9.17, 15) is 4.79 Å². The molecule has 22 heavy (non-hydrogen) atoms. The number of hydrogen-bond acceptors (Lipinski definition) is 4. The fraction of sp³-hybridized carbons (Fsp3) is 0.294. The summed E-state index contributed by atoms with van der Waals surface area (Å²) < 4.78 is 12.3. The van der Waals surface area contributed by atoms with Gasteiger partial charge in [0.05, 0.1) is 12.3 Å². The largest absolute Gasteiger partial charge is 0.472 e. The normalized spacial score (nSPS) is 10.8. The zero-order chi connectivity index (χ0) is 15.8. The SMILES string of the molecule is CCOC(=O)/C=C/c1cc(OCc2ccccc2)nn1CC. The van der Waals surface area contributed by atoms with Crippen molar-refractivity contribution < 1.29 is 14.3 Å². The van der Waals surface area contributed by atoms with Crippen LogP contribution in [0.15, 0.2) is 42.5 Å². The Kier molecular flexibility index (Phi) is 5.77. The first-order valence-electron chi connectivity index (χ1n) is 7.32. The highest BCUT2D eigenvalue weighted by atomic mass is 16.5. The highest BCUT2D eigenvalue weighted by Crippen LogP contribution is 2.15. The molecule has 0 aliphatic rings. The number of rotatable bonds is 7. The molecule has 0 aliphatic carbocycles. The van der Waals surface area contributed by atoms with Crippen LogP contribution in [0.4, 0.5) is 0 Å². The Hall–Kier alpha value is -2.56. The monoisotopic (exact) mass is 300 g/mol. The molecule has 2 rings (SSSR count). The Bertz CT molecular complexity index is 633. The quantitative estimate of drug-likeness (QED) is 0.582. The van der Waals surface area contributed by atoms with Crippen LogP contribution in [0.1, 0.15) is 25.1 Å². The molecule has 0 aliphatic heterocycles. The molecule has 116 valence electrons. The Morgan fingerprint density at radius 1 is 1.27 bits per heavy atom. The average molecular weight is 300 g/mol. The fourth-order valence-corrected chi connectivity index (χ4v) is 1.94. The third-order valence-corrected chi connectivity index (χ3v) is 2.99. The summed E-state index contributed by atoms with van der Waals surface area (Å²) in [6, 6.07) is 11.7. The minimum atomic E-state index is -0.363. The lowest BCUT2D eigenvalue weighted by Crippen LogP contribution is -2.02. The van der Waals surface area contributed by atoms with Gasteiger partial charge in [-0.1, -0.05) is 30.3 Å². The lowest BCUT2D eigenvalue weighted by Gasteiger charge is -2.02. The van der Waals surface area contributed by atoms with Crippen molar-refractivity contribution in [1.82, 2.24) is 9.78 Å². The summed E-state index contributed by atoms with van der Waals surface area (Å²) in [6.07, 6.45) is 3.08. The Morgan fingerprint density at radius 2 is 2.05 bits per heavy atom. The summed E-state index contributed by atoms with van der Waals surface area (Å²) in [5.74, 6) is 0.173. The van der Waals surface area contributed by atoms with Gasteiger partial charge in [0.25, 0.3) is 0 Å². The third kappa shape index (κ3) is 4.48. The molecule has 1 heterocycles. The zero-order valence-corrected chi connectivity index (χ0v) is 12.9. The summed E-state index contributed by atoms with van der Waals surface area (Å²) in [5.41, 5.74) is 1.88. The summed E-state index contributed by atoms with van der Waals surface area (Å²) in [6.45, 7) is 5.27. The lowest BCUT2D eigenvalue weighted by atomic mass is 10.2. The van der Waals surface area contributed by atoms with Gasteiger partial charge in [-0.3, -0.25) is 4.68 Å². The maximum atomic E-state index is 11.4. The molecule has 0 N–H and O–H groups in total. The molecule has 1 aromatic heterocycles. The second-order valence-corrected chi connectivity index (χ2v) is 4.58. The van der Waals surface area contributed by atoms with Crippen LogP contribution in [-0.2, 0) is 22.7 Å². The molecule has 1 aromatic carbocycles. The maximum Gasteiger partial charge on any atom is 0.330 e. The van der Waals surface area contributed by atoms with Gasteiger partial charge < -0.3 is 9.47 Å². The Labute approximate surface area is 130 Å². The number of ether oxygens (including phenoxy) is 2. The maximum absolute atomic E-state index is 11.4. The number of esters is 1. The molecule has 5 heteroatoms. The van der Waals surface area contributed by atoms with E-state index in [1.165, 1.54) is 6.08 Å². The first-order chi connectivity index (χ1) is 10.7. The molecule has 0 saturated carbocycles. The molecule has 0 saturated heterocycles. The van der Waals surface area contributed by atoms with Crippen LogP contribution in [0.5, 0.6) is 5.88 Å². The fourth-order valence-electron chi connectivity index (χ4n) is 1.94. The van der Waals surface area contributed by atoms with Crippen molar-refractivity contribution in [3.8, 4) is 5.88 Å². The van der Waals surface area contributed by atoms with Crippen LogP contribution in [0, 0.1) is 0 Å². The van der Waals surface area contributed by atoms with Crippen molar-refractivity contribution in [3.05, 3.63) is 53.7 Å². The van der Waals surface area contributed by atoms with Crippen molar-refractivity contribution in [2.45, 2.75) is 27.0 Å². The molecule has 0 radical (unpaired) electrons. The highest BCUT2D eigenvalue weighted by molar-refractivity contribution is 5.86. The predicted octanol–water partition coefficient (Wildman–Crippen LogP) is 3.06. The van der Waals surface area contributed by atoms with E-state index in [0.717, 1.165) is 11.3 Å². The van der Waals surface area contributed by atoms with Gasteiger partial charge in [0.1, 0.15) is 6.61 Å². The Balaban J connectivity index is 2.03. The summed E-state index contributed by atoms with van der Waals surface area (Å²) in [7, 11) is 0. The van der Waals surface area contributed by atoms with Crippen molar-refractivity contribution in [1.29, 1.82) is 0 Å². The van der Waals surface area contributed by atoms with Gasteiger partial charge in [0.15, 0.2) is 0 Å². The zero-order valence-electron chi connectivity index (χ0n) is 12.9. The number of hydrogen-bond donors (Lipinski definition) is 0. The van der Waals surface area contributed by atoms with Crippen LogP contribution in [0.2, 0.25) is 0 Å². The lowest BCUT2D eigenvalue weighted by molar-refractivity contribution is -0.137. The van der Waals surface area contributed by atoms with Crippen LogP contribution in [0.3, 0.4) is 0 Å². The van der Waals surface area contributed by atoms with Crippen molar-refractivity contribution >= 4 is 12.0 Å². The third-order valence-electron chi connectivity index (χ3n) is 2.99. The summed E-state index contributed by atoms with van der Waals surface area (Å²) >= 11 is 0. The van der Waals surface area contributed by atoms with Gasteiger partial charge in [-0.25, -0.2) is 4.79 Å². The van der Waals surface area contributed by atoms with Crippen molar-refractivity contribution in [3.63, 3.8) is 0 Å². The van der Waals surface area contributed by atoms with Crippen LogP contribution < -0.4 is 4.74 Å². The van der Waals surface area contributed by atoms with Gasteiger partial charge in [0.2, 0.25) is 5.88 Å². The number of benzene rings is 1. The smallest absolute Gasteiger partial charge is 0.330 e. The molecular weight excluding hydrogens is 280 g/mol. The second-order valence-electron chi connectivity index (χ2n) is 4.58. The average Bonchev–Trinajstić information content (AvgIpc) is 2.94. The standard InChI is InChI=1S/C17H20N2O3/c1-3-19-15(10-11-17(20)21-4-2)12-16(18-19)22-13-14-8-6-5-7-9-14/h5-12H,3-4,13H2,1-2H3/b11-10+. The van der Waals surface area contributed by atoms with Gasteiger partial charge >= 0.3 is 5.97 Å². The second kappa shape index (κ2) is 8.02. The molecule has 0 unspecified atom stereocenters. The van der Waals surface area contributed by atoms with E-state index < -0.39 is 0 Å². The topological polar surface area (TPSA) is 53.4 Å². The Morgan fingerprint density at radius 3 is 2.73 bits per heavy atom.